The van der Waals surface area contributed by atoms with Crippen LogP contribution in [0.3, 0.4) is 0 Å². The predicted octanol–water partition coefficient (Wildman–Crippen LogP) is 26.0. The molecule has 7 aromatic carbocycles. The minimum absolute atomic E-state index is 0.00244. The van der Waals surface area contributed by atoms with Gasteiger partial charge in [-0.15, -0.1) is 0 Å². The Hall–Kier alpha value is -8.08. The zero-order valence-electron chi connectivity index (χ0n) is 64.0. The first-order valence-corrected chi connectivity index (χ1v) is 43.1. The van der Waals surface area contributed by atoms with Crippen LogP contribution in [0.1, 0.15) is 227 Å². The molecule has 5 heterocycles. The fourth-order valence-corrected chi connectivity index (χ4v) is 20.3. The molecule has 2 aliphatic rings. The first-order valence-electron chi connectivity index (χ1n) is 40.6. The van der Waals surface area contributed by atoms with E-state index in [0.717, 1.165) is 145 Å². The van der Waals surface area contributed by atoms with Gasteiger partial charge in [-0.3, -0.25) is 4.79 Å². The maximum absolute atomic E-state index is 15.0. The number of fused-ring (bicyclic) bond motifs is 3. The Morgan fingerprint density at radius 3 is 1.70 bits per heavy atom. The number of rotatable bonds is 43. The van der Waals surface area contributed by atoms with Crippen LogP contribution in [0.15, 0.2) is 169 Å². The van der Waals surface area contributed by atoms with Crippen LogP contribution in [0.2, 0.25) is 0 Å². The summed E-state index contributed by atoms with van der Waals surface area (Å²) in [7, 11) is 2.24. The molecule has 105 heavy (non-hydrogen) atoms. The molecule has 0 fully saturated rings. The number of hydrogen-bond donors (Lipinski definition) is 1. The van der Waals surface area contributed by atoms with E-state index in [4.69, 9.17) is 14.2 Å². The molecule has 13 rings (SSSR count). The summed E-state index contributed by atoms with van der Waals surface area (Å²) in [5.41, 5.74) is 13.0. The summed E-state index contributed by atoms with van der Waals surface area (Å²) >= 11 is 1.86. The number of anilines is 3. The van der Waals surface area contributed by atoms with Crippen LogP contribution in [0, 0.1) is 0 Å². The van der Waals surface area contributed by atoms with Crippen LogP contribution in [-0.4, -0.2) is 71.2 Å². The minimum atomic E-state index is -0.0955. The molecule has 550 valence electrons. The number of hydrogen-bond acceptors (Lipinski definition) is 7. The van der Waals surface area contributed by atoms with Crippen LogP contribution >= 0.6 is 11.3 Å². The van der Waals surface area contributed by atoms with Gasteiger partial charge in [0.05, 0.1) is 10.9 Å². The van der Waals surface area contributed by atoms with Crippen LogP contribution in [0.4, 0.5) is 22.7 Å². The summed E-state index contributed by atoms with van der Waals surface area (Å²) in [5, 5.41) is 20.7. The standard InChI is InChI=1S/C94H112N4O5SSe/c1-8-13-18-23-27-31-57-96-80-56-55-73(74-41-38-42-75(89(74)80)82(96)63-78-91(99)87(92(78)100)66(6)90-77-43-36-39-67-40-37-44-79(88(67)77)97(90)58-32-28-24-19-14-9-2)85-65-84(103-61-33-22-17-12-5)93(104-85)86-64-83-94(105-86)76-54-49-70(62-81(76)95(83)7)98(68-45-50-71(51-46-68)101-59-34-29-25-20-15-10-3)69-47-52-72(53-48-69)102-60-35-30-26-21-16-11-4/h36-56,62-65H,8-35,57-61H2,1-7H3/p+1. The molecule has 1 aliphatic heterocycles. The van der Waals surface area contributed by atoms with E-state index in [9.17, 15) is 5.11 Å². The van der Waals surface area contributed by atoms with Crippen molar-refractivity contribution in [1.82, 2.24) is 9.13 Å². The summed E-state index contributed by atoms with van der Waals surface area (Å²) in [6.45, 7) is 17.2. The first-order chi connectivity index (χ1) is 51.6. The molecule has 0 unspecified atom stereocenters. The Morgan fingerprint density at radius 1 is 0.524 bits per heavy atom. The molecule has 0 spiro atoms. The van der Waals surface area contributed by atoms with Crippen molar-refractivity contribution in [3.63, 3.8) is 0 Å². The van der Waals surface area contributed by atoms with E-state index in [0.29, 0.717) is 17.8 Å². The van der Waals surface area contributed by atoms with Crippen molar-refractivity contribution in [3.8, 4) is 37.0 Å². The number of carbonyl (C=O) groups is 1. The fourth-order valence-electron chi connectivity index (χ4n) is 16.3. The second-order valence-electron chi connectivity index (χ2n) is 29.7. The number of ketones is 1. The number of unbranched alkanes of at least 4 members (excludes halogenated alkanes) is 23. The van der Waals surface area contributed by atoms with Crippen molar-refractivity contribution in [3.05, 3.63) is 179 Å². The maximum atomic E-state index is 15.0. The Bertz CT molecular complexity index is 4870. The molecular formula is C94H113N4O5SSe+. The quantitative estimate of drug-likeness (QED) is 0.0178. The number of ether oxygens (including phenoxy) is 3. The van der Waals surface area contributed by atoms with Gasteiger partial charge in [0, 0.05) is 22.8 Å². The first kappa shape index (κ1) is 75.2. The molecule has 4 aromatic heterocycles. The molecule has 0 amide bonds. The number of Topliss-reactive ketones (excluding diaryl/α,β-unsaturated/α-hetero) is 1. The van der Waals surface area contributed by atoms with E-state index in [1.807, 2.05) is 17.4 Å². The van der Waals surface area contributed by atoms with Crippen molar-refractivity contribution < 1.29 is 28.7 Å². The van der Waals surface area contributed by atoms with E-state index in [1.54, 1.807) is 0 Å². The van der Waals surface area contributed by atoms with E-state index < -0.39 is 0 Å². The van der Waals surface area contributed by atoms with E-state index in [1.165, 1.54) is 196 Å². The number of aryl methyl sites for hydroxylation is 2. The van der Waals surface area contributed by atoms with Crippen molar-refractivity contribution in [2.24, 2.45) is 7.05 Å². The SMILES string of the molecule is CCCCCCCCOc1ccc(N(c2ccc(OCCCCCCCC)cc2)c2ccc3c4[se]c(-c5sc(-c6ccc7c8c(cccc68)C(C=C6C(=O)C(C(C)=c8c9cccc%10cccc(c%109)n8CCCCCCCC)=C6O)=[N+]7CCCCCCCC)cc5OCCCCCC)cc4n(C)c3c2)cc1. The van der Waals surface area contributed by atoms with Gasteiger partial charge in [-0.25, -0.2) is 0 Å². The molecule has 0 atom stereocenters. The molecule has 0 radical (unpaired) electrons. The second-order valence-corrected chi connectivity index (χ2v) is 33.0. The molecule has 0 bridgehead atoms. The Balaban J connectivity index is 0.827. The van der Waals surface area contributed by atoms with Gasteiger partial charge in [0.15, 0.2) is 0 Å². The fraction of sp³-hybridized carbons (Fsp3) is 0.426. The van der Waals surface area contributed by atoms with Gasteiger partial charge in [0.1, 0.15) is 0 Å². The van der Waals surface area contributed by atoms with Crippen molar-refractivity contribution in [2.75, 3.05) is 31.3 Å². The van der Waals surface area contributed by atoms with Crippen LogP contribution in [-0.2, 0) is 18.4 Å². The zero-order chi connectivity index (χ0) is 72.6. The predicted molar refractivity (Wildman–Crippen MR) is 448 cm³/mol. The summed E-state index contributed by atoms with van der Waals surface area (Å²) in [5.74, 6) is 2.77. The van der Waals surface area contributed by atoms with Crippen molar-refractivity contribution >= 4 is 119 Å². The van der Waals surface area contributed by atoms with Gasteiger partial charge in [-0.1, -0.05) is 180 Å². The number of thiophene rings is 1. The Labute approximate surface area is 635 Å². The number of benzene rings is 7. The van der Waals surface area contributed by atoms with Gasteiger partial charge in [-0.05, 0) is 43.2 Å². The molecule has 1 N–H and O–H groups in total. The number of aliphatic hydroxyl groups is 1. The summed E-state index contributed by atoms with van der Waals surface area (Å²) < 4.78 is 29.6. The number of aliphatic hydroxyl groups excluding tert-OH is 1. The monoisotopic (exact) mass is 1490 g/mol. The Morgan fingerprint density at radius 2 is 1.08 bits per heavy atom. The van der Waals surface area contributed by atoms with Crippen molar-refractivity contribution in [1.29, 1.82) is 0 Å². The topological polar surface area (TPSA) is 81.1 Å². The van der Waals surface area contributed by atoms with Gasteiger partial charge in [-0.2, -0.15) is 0 Å². The number of nitrogens with zero attached hydrogens (tertiary/aromatic N) is 4. The zero-order valence-corrected chi connectivity index (χ0v) is 66.5. The molecule has 1 aliphatic carbocycles. The molecule has 11 aromatic rings. The molecule has 9 nitrogen and oxygen atoms in total. The van der Waals surface area contributed by atoms with E-state index >= 15 is 4.79 Å². The third-order valence-corrected chi connectivity index (χ3v) is 26.0. The average Bonchev–Trinajstić information content (AvgIpc) is 1.66. The number of carbonyl (C=O) groups excluding carboxylic acids is 1. The van der Waals surface area contributed by atoms with Gasteiger partial charge >= 0.3 is 368 Å². The number of aromatic nitrogens is 2. The van der Waals surface area contributed by atoms with Crippen LogP contribution in [0.5, 0.6) is 17.2 Å². The molecule has 0 saturated carbocycles. The van der Waals surface area contributed by atoms with E-state index in [2.05, 4.69) is 213 Å². The average molecular weight is 1490 g/mol. The third-order valence-electron chi connectivity index (χ3n) is 22.1. The van der Waals surface area contributed by atoms with Crippen LogP contribution in [0.25, 0.3) is 78.5 Å². The number of allylic oxidation sites excluding steroid dienone is 3. The summed E-state index contributed by atoms with van der Waals surface area (Å²) in [6.07, 6.45) is 35.7. The summed E-state index contributed by atoms with van der Waals surface area (Å²) in [4.78, 5) is 19.8. The van der Waals surface area contributed by atoms with Gasteiger partial charge < -0.3 is 9.67 Å². The van der Waals surface area contributed by atoms with Gasteiger partial charge in [0.25, 0.3) is 0 Å². The molecule has 11 heteroatoms. The molecular weight excluding hydrogens is 1380 g/mol. The van der Waals surface area contributed by atoms with Gasteiger partial charge in [0.2, 0.25) is 0 Å². The molecule has 0 saturated heterocycles. The summed E-state index contributed by atoms with van der Waals surface area (Å²) in [6, 6.07) is 53.6. The third kappa shape index (κ3) is 16.7. The second kappa shape index (κ2) is 36.5. The van der Waals surface area contributed by atoms with Crippen molar-refractivity contribution in [2.45, 2.75) is 228 Å². The van der Waals surface area contributed by atoms with Crippen LogP contribution < -0.4 is 24.5 Å². The Kier molecular flexibility index (Phi) is 26.1. The van der Waals surface area contributed by atoms with E-state index in [-0.39, 0.29) is 26.0 Å². The normalized spacial score (nSPS) is 13.7.